The third-order valence-corrected chi connectivity index (χ3v) is 5.55. The first-order valence-corrected chi connectivity index (χ1v) is 10.1. The molecule has 1 aromatic carbocycles. The van der Waals surface area contributed by atoms with Gasteiger partial charge in [-0.15, -0.1) is 0 Å². The number of nitrogens with one attached hydrogen (secondary N) is 2. The van der Waals surface area contributed by atoms with Crippen LogP contribution in [-0.2, 0) is 16.0 Å². The Kier molecular flexibility index (Phi) is 6.14. The zero-order chi connectivity index (χ0) is 19.3. The van der Waals surface area contributed by atoms with Gasteiger partial charge in [0.1, 0.15) is 5.54 Å². The fourth-order valence-corrected chi connectivity index (χ4v) is 3.95. The zero-order valence-corrected chi connectivity index (χ0v) is 16.1. The third kappa shape index (κ3) is 4.49. The number of imide groups is 1. The number of urea groups is 1. The molecule has 4 amide bonds. The Bertz CT molecular complexity index is 693. The van der Waals surface area contributed by atoms with E-state index in [-0.39, 0.29) is 30.8 Å². The van der Waals surface area contributed by atoms with Crippen LogP contribution in [0.15, 0.2) is 24.3 Å². The summed E-state index contributed by atoms with van der Waals surface area (Å²) in [5.41, 5.74) is 1.38. The first-order chi connectivity index (χ1) is 13.0. The average molecular weight is 371 g/mol. The summed E-state index contributed by atoms with van der Waals surface area (Å²) in [5, 5.41) is 5.74. The molecule has 1 saturated heterocycles. The van der Waals surface area contributed by atoms with Crippen molar-refractivity contribution in [3.63, 3.8) is 0 Å². The first-order valence-electron chi connectivity index (χ1n) is 10.1. The number of hydrogen-bond donors (Lipinski definition) is 2. The van der Waals surface area contributed by atoms with Crippen molar-refractivity contribution in [2.45, 2.75) is 70.3 Å². The van der Waals surface area contributed by atoms with Crippen molar-refractivity contribution < 1.29 is 14.4 Å². The van der Waals surface area contributed by atoms with Crippen LogP contribution in [0.3, 0.4) is 0 Å². The van der Waals surface area contributed by atoms with Gasteiger partial charge in [0, 0.05) is 18.7 Å². The van der Waals surface area contributed by atoms with E-state index in [0.717, 1.165) is 50.6 Å². The lowest BCUT2D eigenvalue weighted by atomic mass is 9.98. The van der Waals surface area contributed by atoms with Gasteiger partial charge in [-0.25, -0.2) is 4.79 Å². The number of benzene rings is 1. The largest absolute Gasteiger partial charge is 0.326 e. The quantitative estimate of drug-likeness (QED) is 0.685. The lowest BCUT2D eigenvalue weighted by molar-refractivity contribution is -0.131. The summed E-state index contributed by atoms with van der Waals surface area (Å²) in [6.07, 6.45) is 7.52. The van der Waals surface area contributed by atoms with E-state index in [4.69, 9.17) is 0 Å². The molecule has 6 heteroatoms. The van der Waals surface area contributed by atoms with Crippen molar-refractivity contribution in [2.75, 3.05) is 11.9 Å². The maximum absolute atomic E-state index is 12.6. The molecule has 0 bridgehead atoms. The van der Waals surface area contributed by atoms with Crippen LogP contribution in [0.25, 0.3) is 0 Å². The van der Waals surface area contributed by atoms with Gasteiger partial charge in [-0.05, 0) is 49.8 Å². The summed E-state index contributed by atoms with van der Waals surface area (Å²) >= 11 is 0. The lowest BCUT2D eigenvalue weighted by Crippen LogP contribution is -2.44. The summed E-state index contributed by atoms with van der Waals surface area (Å²) in [6, 6.07) is 7.61. The van der Waals surface area contributed by atoms with Crippen LogP contribution in [0, 0.1) is 0 Å². The van der Waals surface area contributed by atoms with Crippen molar-refractivity contribution in [1.82, 2.24) is 10.2 Å². The third-order valence-electron chi connectivity index (χ3n) is 5.55. The van der Waals surface area contributed by atoms with E-state index < -0.39 is 5.54 Å². The zero-order valence-electron chi connectivity index (χ0n) is 16.1. The van der Waals surface area contributed by atoms with Gasteiger partial charge in [-0.2, -0.15) is 0 Å². The normalized spacial score (nSPS) is 18.2. The second kappa shape index (κ2) is 8.55. The van der Waals surface area contributed by atoms with Crippen molar-refractivity contribution in [2.24, 2.45) is 0 Å². The molecular weight excluding hydrogens is 342 g/mol. The van der Waals surface area contributed by atoms with Gasteiger partial charge >= 0.3 is 6.03 Å². The number of carbonyl (C=O) groups is 3. The fourth-order valence-electron chi connectivity index (χ4n) is 3.95. The lowest BCUT2D eigenvalue weighted by Gasteiger charge is -2.19. The van der Waals surface area contributed by atoms with E-state index in [2.05, 4.69) is 17.6 Å². The van der Waals surface area contributed by atoms with Gasteiger partial charge in [0.15, 0.2) is 0 Å². The molecule has 0 aromatic heterocycles. The molecule has 0 radical (unpaired) electrons. The Balaban J connectivity index is 1.43. The highest BCUT2D eigenvalue weighted by atomic mass is 16.2. The molecule has 1 aromatic rings. The summed E-state index contributed by atoms with van der Waals surface area (Å²) in [7, 11) is 0. The van der Waals surface area contributed by atoms with Crippen LogP contribution in [-0.4, -0.2) is 34.8 Å². The van der Waals surface area contributed by atoms with Gasteiger partial charge in [0.2, 0.25) is 5.91 Å². The topological polar surface area (TPSA) is 78.5 Å². The summed E-state index contributed by atoms with van der Waals surface area (Å²) in [5.74, 6) is -0.216. The van der Waals surface area contributed by atoms with Crippen LogP contribution in [0.2, 0.25) is 0 Å². The van der Waals surface area contributed by atoms with Crippen LogP contribution in [0.1, 0.15) is 63.9 Å². The van der Waals surface area contributed by atoms with Gasteiger partial charge in [-0.1, -0.05) is 38.3 Å². The predicted molar refractivity (Wildman–Crippen MR) is 104 cm³/mol. The first kappa shape index (κ1) is 19.4. The molecule has 3 rings (SSSR count). The van der Waals surface area contributed by atoms with Crippen molar-refractivity contribution in [3.05, 3.63) is 29.8 Å². The minimum atomic E-state index is -0.668. The molecule has 1 aliphatic heterocycles. The highest BCUT2D eigenvalue weighted by Crippen LogP contribution is 2.35. The number of carbonyl (C=O) groups excluding carboxylic acids is 3. The Morgan fingerprint density at radius 3 is 2.52 bits per heavy atom. The van der Waals surface area contributed by atoms with Crippen molar-refractivity contribution in [1.29, 1.82) is 0 Å². The molecular formula is C21H29N3O3. The van der Waals surface area contributed by atoms with Gasteiger partial charge in [0.25, 0.3) is 5.91 Å². The van der Waals surface area contributed by atoms with Gasteiger partial charge < -0.3 is 10.6 Å². The van der Waals surface area contributed by atoms with Crippen molar-refractivity contribution in [3.8, 4) is 0 Å². The standard InChI is InChI=1S/C21H29N3O3/c1-2-3-7-16-9-11-17(12-10-16)22-18(25)8-6-15-24-19(26)21(23-20(24)27)13-4-5-14-21/h9-12H,2-8,13-15H2,1H3,(H,22,25)(H,23,27). The van der Waals surface area contributed by atoms with Crippen molar-refractivity contribution >= 4 is 23.5 Å². The molecule has 0 atom stereocenters. The summed E-state index contributed by atoms with van der Waals surface area (Å²) in [6.45, 7) is 2.46. The fraction of sp³-hybridized carbons (Fsp3) is 0.571. The number of nitrogens with zero attached hydrogens (tertiary/aromatic N) is 1. The minimum Gasteiger partial charge on any atom is -0.326 e. The molecule has 6 nitrogen and oxygen atoms in total. The van der Waals surface area contributed by atoms with Crippen LogP contribution < -0.4 is 10.6 Å². The monoisotopic (exact) mass is 371 g/mol. The Hall–Kier alpha value is -2.37. The van der Waals surface area contributed by atoms with E-state index in [1.807, 2.05) is 24.3 Å². The number of amides is 4. The van der Waals surface area contributed by atoms with E-state index in [1.165, 1.54) is 10.5 Å². The molecule has 27 heavy (non-hydrogen) atoms. The number of anilines is 1. The second-order valence-electron chi connectivity index (χ2n) is 7.63. The Morgan fingerprint density at radius 1 is 1.15 bits per heavy atom. The highest BCUT2D eigenvalue weighted by Gasteiger charge is 2.51. The van der Waals surface area contributed by atoms with E-state index >= 15 is 0 Å². The smallest absolute Gasteiger partial charge is 0.325 e. The number of rotatable bonds is 8. The molecule has 1 saturated carbocycles. The maximum atomic E-state index is 12.6. The second-order valence-corrected chi connectivity index (χ2v) is 7.63. The molecule has 1 heterocycles. The molecule has 2 aliphatic rings. The number of unbranched alkanes of at least 4 members (excludes halogenated alkanes) is 1. The number of aryl methyl sites for hydroxylation is 1. The molecule has 2 fully saturated rings. The Morgan fingerprint density at radius 2 is 1.85 bits per heavy atom. The highest BCUT2D eigenvalue weighted by molar-refractivity contribution is 6.07. The average Bonchev–Trinajstić information content (AvgIpc) is 3.21. The predicted octanol–water partition coefficient (Wildman–Crippen LogP) is 3.61. The summed E-state index contributed by atoms with van der Waals surface area (Å²) < 4.78 is 0. The Labute approximate surface area is 160 Å². The van der Waals surface area contributed by atoms with Crippen LogP contribution >= 0.6 is 0 Å². The van der Waals surface area contributed by atoms with Gasteiger partial charge in [0.05, 0.1) is 0 Å². The molecule has 0 unspecified atom stereocenters. The SMILES string of the molecule is CCCCc1ccc(NC(=O)CCCN2C(=O)NC3(CCCC3)C2=O)cc1. The summed E-state index contributed by atoms with van der Waals surface area (Å²) in [4.78, 5) is 38.1. The number of hydrogen-bond acceptors (Lipinski definition) is 3. The minimum absolute atomic E-state index is 0.0982. The molecule has 1 aliphatic carbocycles. The van der Waals surface area contributed by atoms with Gasteiger partial charge in [-0.3, -0.25) is 14.5 Å². The van der Waals surface area contributed by atoms with E-state index in [9.17, 15) is 14.4 Å². The molecule has 1 spiro atoms. The molecule has 146 valence electrons. The van der Waals surface area contributed by atoms with Crippen LogP contribution in [0.4, 0.5) is 10.5 Å². The molecule has 2 N–H and O–H groups in total. The van der Waals surface area contributed by atoms with Crippen LogP contribution in [0.5, 0.6) is 0 Å². The van der Waals surface area contributed by atoms with E-state index in [1.54, 1.807) is 0 Å². The maximum Gasteiger partial charge on any atom is 0.325 e. The van der Waals surface area contributed by atoms with E-state index in [0.29, 0.717) is 6.42 Å².